The summed E-state index contributed by atoms with van der Waals surface area (Å²) in [6, 6.07) is 3.49. The molecule has 0 aliphatic rings. The van der Waals surface area contributed by atoms with Crippen LogP contribution in [0.3, 0.4) is 0 Å². The first-order valence-electron chi connectivity index (χ1n) is 6.85. The maximum absolute atomic E-state index is 12.7. The summed E-state index contributed by atoms with van der Waals surface area (Å²) < 4.78 is 89.3. The zero-order valence-corrected chi connectivity index (χ0v) is 15.9. The Morgan fingerprint density at radius 2 is 1.37 bits per heavy atom. The summed E-state index contributed by atoms with van der Waals surface area (Å²) in [4.78, 5) is 22.9. The monoisotopic (exact) mass is 432 g/mol. The van der Waals surface area contributed by atoms with E-state index in [4.69, 9.17) is 0 Å². The highest BCUT2D eigenvalue weighted by Gasteiger charge is 2.43. The molecule has 0 radical (unpaired) electrons. The molecule has 9 nitrogen and oxygen atoms in total. The third-order valence-electron chi connectivity index (χ3n) is 2.98. The molecule has 0 bridgehead atoms. The number of carbonyl (C=O) groups excluding carboxylic acids is 2. The molecule has 0 N–H and O–H groups in total. The number of nitrogens with zero attached hydrogens (tertiary/aromatic N) is 2. The number of amides is 1. The molecule has 0 saturated carbocycles. The quantitative estimate of drug-likeness (QED) is 0.600. The zero-order valence-electron chi connectivity index (χ0n) is 14.2. The number of rotatable bonds is 6. The predicted octanol–water partition coefficient (Wildman–Crippen LogP) is 0.480. The van der Waals surface area contributed by atoms with Gasteiger partial charge in [-0.15, -0.1) is 0 Å². The molecule has 152 valence electrons. The van der Waals surface area contributed by atoms with Gasteiger partial charge in [-0.2, -0.15) is 16.9 Å². The first-order valence-corrected chi connectivity index (χ1v) is 10.5. The smallest absolute Gasteiger partial charge is 0.468 e. The molecule has 0 aliphatic heterocycles. The van der Waals surface area contributed by atoms with Crippen molar-refractivity contribution < 1.29 is 44.3 Å². The van der Waals surface area contributed by atoms with Crippen LogP contribution in [0.2, 0.25) is 0 Å². The molecule has 14 heteroatoms. The number of benzene rings is 1. The van der Waals surface area contributed by atoms with Crippen molar-refractivity contribution in [2.24, 2.45) is 0 Å². The second-order valence-corrected chi connectivity index (χ2v) is 9.10. The van der Waals surface area contributed by atoms with Crippen molar-refractivity contribution in [2.75, 3.05) is 34.8 Å². The highest BCUT2D eigenvalue weighted by Crippen LogP contribution is 2.27. The molecule has 0 saturated heterocycles. The summed E-state index contributed by atoms with van der Waals surface area (Å²) in [5, 5.41) is 0. The number of hydrogen-bond donors (Lipinski definition) is 0. The Morgan fingerprint density at radius 3 is 1.70 bits per heavy atom. The first-order chi connectivity index (χ1) is 12.1. The van der Waals surface area contributed by atoms with Crippen LogP contribution < -0.4 is 8.61 Å². The van der Waals surface area contributed by atoms with Gasteiger partial charge in [0, 0.05) is 5.69 Å². The third kappa shape index (κ3) is 5.82. The van der Waals surface area contributed by atoms with Crippen molar-refractivity contribution in [1.29, 1.82) is 0 Å². The Hall–Kier alpha value is -2.35. The van der Waals surface area contributed by atoms with Crippen molar-refractivity contribution in [3.63, 3.8) is 0 Å². The predicted molar refractivity (Wildman–Crippen MR) is 89.0 cm³/mol. The van der Waals surface area contributed by atoms with E-state index in [1.807, 2.05) is 0 Å². The van der Waals surface area contributed by atoms with Gasteiger partial charge in [0.05, 0.1) is 25.3 Å². The summed E-state index contributed by atoms with van der Waals surface area (Å²) in [5.41, 5.74) is -0.811. The summed E-state index contributed by atoms with van der Waals surface area (Å²) in [6.45, 7) is -1.06. The summed E-state index contributed by atoms with van der Waals surface area (Å²) in [7, 11) is -7.61. The van der Waals surface area contributed by atoms with Crippen molar-refractivity contribution in [3.05, 3.63) is 24.3 Å². The van der Waals surface area contributed by atoms with Crippen LogP contribution in [0, 0.1) is 0 Å². The lowest BCUT2D eigenvalue weighted by molar-refractivity contribution is -0.171. The van der Waals surface area contributed by atoms with E-state index in [1.165, 1.54) is 0 Å². The van der Waals surface area contributed by atoms with E-state index in [0.717, 1.165) is 31.4 Å². The van der Waals surface area contributed by atoms with Crippen LogP contribution in [0.4, 0.5) is 24.5 Å². The van der Waals surface area contributed by atoms with E-state index in [2.05, 4.69) is 4.74 Å². The van der Waals surface area contributed by atoms with Crippen LogP contribution in [0.1, 0.15) is 0 Å². The maximum atomic E-state index is 12.7. The fourth-order valence-corrected chi connectivity index (χ4v) is 4.99. The van der Waals surface area contributed by atoms with Gasteiger partial charge in [-0.3, -0.25) is 14.5 Å². The van der Waals surface area contributed by atoms with Gasteiger partial charge >= 0.3 is 18.1 Å². The number of anilines is 2. The minimum atomic E-state index is -5.29. The minimum Gasteiger partial charge on any atom is -0.468 e. The Labute approximate surface area is 153 Å². The fourth-order valence-electron chi connectivity index (χ4n) is 2.01. The number of halogens is 3. The number of methoxy groups -OCH3 is 1. The van der Waals surface area contributed by atoms with Crippen LogP contribution in [0.25, 0.3) is 0 Å². The number of hydrogen-bond acceptors (Lipinski definition) is 7. The molecule has 1 aromatic rings. The van der Waals surface area contributed by atoms with Gasteiger partial charge in [-0.1, -0.05) is 0 Å². The fraction of sp³-hybridized carbons (Fsp3) is 0.385. The van der Waals surface area contributed by atoms with Crippen LogP contribution in [0.15, 0.2) is 24.3 Å². The number of carbonyl (C=O) groups is 2. The molecule has 1 amide bonds. The van der Waals surface area contributed by atoms with E-state index in [0.29, 0.717) is 12.5 Å². The van der Waals surface area contributed by atoms with Crippen molar-refractivity contribution in [2.45, 2.75) is 6.18 Å². The van der Waals surface area contributed by atoms with Crippen molar-refractivity contribution in [1.82, 2.24) is 0 Å². The van der Waals surface area contributed by atoms with Gasteiger partial charge in [0.25, 0.3) is 0 Å². The second-order valence-electron chi connectivity index (χ2n) is 5.20. The zero-order chi connectivity index (χ0) is 21.2. The Kier molecular flexibility index (Phi) is 6.49. The van der Waals surface area contributed by atoms with E-state index in [1.54, 1.807) is 0 Å². The molecule has 0 heterocycles. The highest BCUT2D eigenvalue weighted by molar-refractivity contribution is 8.09. The van der Waals surface area contributed by atoms with Gasteiger partial charge in [-0.25, -0.2) is 16.8 Å². The SMILES string of the molecule is COC(=O)CN(C(=O)C(F)(F)F)c1ccc(N(S(C)(=O)=O)S(C)(=O)=O)cc1. The number of esters is 1. The number of alkyl halides is 3. The molecule has 1 aromatic carbocycles. The summed E-state index contributed by atoms with van der Waals surface area (Å²) in [5.74, 6) is -3.49. The lowest BCUT2D eigenvalue weighted by Gasteiger charge is -2.24. The normalized spacial score (nSPS) is 12.4. The summed E-state index contributed by atoms with van der Waals surface area (Å²) in [6.07, 6.45) is -4.05. The second kappa shape index (κ2) is 7.72. The van der Waals surface area contributed by atoms with Crippen LogP contribution >= 0.6 is 0 Å². The molecule has 0 unspecified atom stereocenters. The van der Waals surface area contributed by atoms with Gasteiger partial charge in [-0.05, 0) is 24.3 Å². The largest absolute Gasteiger partial charge is 0.471 e. The van der Waals surface area contributed by atoms with Gasteiger partial charge < -0.3 is 4.74 Å². The van der Waals surface area contributed by atoms with E-state index >= 15 is 0 Å². The Balaban J connectivity index is 3.40. The number of sulfonamides is 2. The maximum Gasteiger partial charge on any atom is 0.471 e. The minimum absolute atomic E-state index is 0.0695. The van der Waals surface area contributed by atoms with E-state index in [-0.39, 0.29) is 14.3 Å². The molecule has 1 rings (SSSR count). The lowest BCUT2D eigenvalue weighted by Crippen LogP contribution is -2.44. The topological polar surface area (TPSA) is 118 Å². The lowest BCUT2D eigenvalue weighted by atomic mass is 10.2. The summed E-state index contributed by atoms with van der Waals surface area (Å²) >= 11 is 0. The van der Waals surface area contributed by atoms with Gasteiger partial charge in [0.2, 0.25) is 20.0 Å². The van der Waals surface area contributed by atoms with Crippen LogP contribution in [-0.2, 0) is 34.4 Å². The molecule has 0 atom stereocenters. The van der Waals surface area contributed by atoms with Gasteiger partial charge in [0.1, 0.15) is 6.54 Å². The molecular weight excluding hydrogens is 417 g/mol. The molecular formula is C13H15F3N2O7S2. The molecule has 0 aliphatic carbocycles. The van der Waals surface area contributed by atoms with Crippen molar-refractivity contribution >= 4 is 43.3 Å². The highest BCUT2D eigenvalue weighted by atomic mass is 32.3. The van der Waals surface area contributed by atoms with Crippen molar-refractivity contribution in [3.8, 4) is 0 Å². The number of ether oxygens (including phenoxy) is 1. The first kappa shape index (κ1) is 22.7. The average molecular weight is 432 g/mol. The van der Waals surface area contributed by atoms with Crippen LogP contribution in [0.5, 0.6) is 0 Å². The average Bonchev–Trinajstić information content (AvgIpc) is 2.49. The molecule has 27 heavy (non-hydrogen) atoms. The van der Waals surface area contributed by atoms with Gasteiger partial charge in [0.15, 0.2) is 0 Å². The van der Waals surface area contributed by atoms with Crippen LogP contribution in [-0.4, -0.2) is 61.1 Å². The molecule has 0 spiro atoms. The molecule has 0 fully saturated rings. The van der Waals surface area contributed by atoms with E-state index in [9.17, 15) is 39.6 Å². The Morgan fingerprint density at radius 1 is 0.963 bits per heavy atom. The Bertz CT molecular complexity index is 894. The third-order valence-corrected chi connectivity index (χ3v) is 6.23. The molecule has 0 aromatic heterocycles. The van der Waals surface area contributed by atoms with E-state index < -0.39 is 50.3 Å². The standard InChI is InChI=1S/C13H15F3N2O7S2/c1-25-11(19)8-17(12(20)13(14,15)16)9-4-6-10(7-5-9)18(26(2,21)22)27(3,23)24/h4-7H,8H2,1-3H3.